The van der Waals surface area contributed by atoms with Crippen LogP contribution in [0.1, 0.15) is 26.3 Å². The van der Waals surface area contributed by atoms with Crippen LogP contribution in [0, 0.1) is 5.92 Å². The predicted molar refractivity (Wildman–Crippen MR) is 67.3 cm³/mol. The topological polar surface area (TPSA) is 28.4 Å². The van der Waals surface area contributed by atoms with Crippen LogP contribution in [0.4, 0.5) is 0 Å². The molecule has 0 bridgehead atoms. The second-order valence-corrected chi connectivity index (χ2v) is 4.95. The average molecular weight is 224 g/mol. The molecule has 0 radical (unpaired) electrons. The predicted octanol–water partition coefficient (Wildman–Crippen LogP) is 2.35. The van der Waals surface area contributed by atoms with E-state index in [9.17, 15) is 0 Å². The summed E-state index contributed by atoms with van der Waals surface area (Å²) in [5, 5.41) is 3.48. The third-order valence-corrected chi connectivity index (χ3v) is 2.76. The summed E-state index contributed by atoms with van der Waals surface area (Å²) in [7, 11) is 2.15. The first-order chi connectivity index (χ1) is 7.59. The van der Waals surface area contributed by atoms with Crippen molar-refractivity contribution in [3.05, 3.63) is 24.2 Å². The lowest BCUT2D eigenvalue weighted by Crippen LogP contribution is -2.38. The zero-order valence-electron chi connectivity index (χ0n) is 10.9. The number of furan rings is 1. The van der Waals surface area contributed by atoms with E-state index >= 15 is 0 Å². The molecular weight excluding hydrogens is 200 g/mol. The van der Waals surface area contributed by atoms with Crippen LogP contribution in [0.2, 0.25) is 0 Å². The summed E-state index contributed by atoms with van der Waals surface area (Å²) in [5.41, 5.74) is 1.23. The van der Waals surface area contributed by atoms with Crippen LogP contribution < -0.4 is 5.32 Å². The van der Waals surface area contributed by atoms with Crippen molar-refractivity contribution in [1.29, 1.82) is 0 Å². The van der Waals surface area contributed by atoms with Crippen LogP contribution in [0.5, 0.6) is 0 Å². The smallest absolute Gasteiger partial charge is 0.0947 e. The van der Waals surface area contributed by atoms with Gasteiger partial charge in [0.25, 0.3) is 0 Å². The lowest BCUT2D eigenvalue weighted by atomic mass is 10.2. The molecule has 0 fully saturated rings. The van der Waals surface area contributed by atoms with Crippen LogP contribution in [0.25, 0.3) is 0 Å². The highest BCUT2D eigenvalue weighted by molar-refractivity contribution is 5.04. The third-order valence-electron chi connectivity index (χ3n) is 2.76. The SMILES string of the molecule is CC(C)CNCC(C)N(C)Cc1ccoc1. The van der Waals surface area contributed by atoms with Gasteiger partial charge in [-0.25, -0.2) is 0 Å². The van der Waals surface area contributed by atoms with Gasteiger partial charge in [-0.2, -0.15) is 0 Å². The summed E-state index contributed by atoms with van der Waals surface area (Å²) in [5.74, 6) is 0.714. The van der Waals surface area contributed by atoms with Crippen molar-refractivity contribution in [2.24, 2.45) is 5.92 Å². The molecule has 0 amide bonds. The molecular formula is C13H24N2O. The first-order valence-electron chi connectivity index (χ1n) is 6.01. The largest absolute Gasteiger partial charge is 0.472 e. The van der Waals surface area contributed by atoms with E-state index in [1.807, 2.05) is 12.3 Å². The number of hydrogen-bond donors (Lipinski definition) is 1. The van der Waals surface area contributed by atoms with Crippen molar-refractivity contribution >= 4 is 0 Å². The van der Waals surface area contributed by atoms with Gasteiger partial charge < -0.3 is 9.73 Å². The zero-order valence-corrected chi connectivity index (χ0v) is 10.9. The fraction of sp³-hybridized carbons (Fsp3) is 0.692. The van der Waals surface area contributed by atoms with E-state index in [0.717, 1.165) is 19.6 Å². The molecule has 0 saturated heterocycles. The molecule has 3 nitrogen and oxygen atoms in total. The van der Waals surface area contributed by atoms with E-state index in [1.54, 1.807) is 6.26 Å². The van der Waals surface area contributed by atoms with E-state index in [4.69, 9.17) is 4.42 Å². The van der Waals surface area contributed by atoms with E-state index < -0.39 is 0 Å². The number of hydrogen-bond acceptors (Lipinski definition) is 3. The molecule has 0 aliphatic rings. The Labute approximate surface area is 98.8 Å². The van der Waals surface area contributed by atoms with Gasteiger partial charge in [0.05, 0.1) is 12.5 Å². The minimum absolute atomic E-state index is 0.536. The Balaban J connectivity index is 2.22. The number of rotatable bonds is 7. The van der Waals surface area contributed by atoms with E-state index in [0.29, 0.717) is 12.0 Å². The van der Waals surface area contributed by atoms with Gasteiger partial charge in [-0.3, -0.25) is 4.90 Å². The molecule has 1 unspecified atom stereocenters. The highest BCUT2D eigenvalue weighted by Gasteiger charge is 2.09. The zero-order chi connectivity index (χ0) is 12.0. The van der Waals surface area contributed by atoms with E-state index in [1.165, 1.54) is 5.56 Å². The highest BCUT2D eigenvalue weighted by Crippen LogP contribution is 2.06. The summed E-state index contributed by atoms with van der Waals surface area (Å²) in [6.07, 6.45) is 3.54. The van der Waals surface area contributed by atoms with Gasteiger partial charge in [0.1, 0.15) is 0 Å². The maximum absolute atomic E-state index is 5.07. The Morgan fingerprint density at radius 2 is 2.06 bits per heavy atom. The Kier molecular flexibility index (Phi) is 5.56. The van der Waals surface area contributed by atoms with Gasteiger partial charge in [0, 0.05) is 24.7 Å². The van der Waals surface area contributed by atoms with E-state index in [-0.39, 0.29) is 0 Å². The van der Waals surface area contributed by atoms with Gasteiger partial charge in [0.15, 0.2) is 0 Å². The molecule has 1 heterocycles. The van der Waals surface area contributed by atoms with Crippen LogP contribution >= 0.6 is 0 Å². The minimum atomic E-state index is 0.536. The maximum Gasteiger partial charge on any atom is 0.0947 e. The van der Waals surface area contributed by atoms with Gasteiger partial charge in [0.2, 0.25) is 0 Å². The second kappa shape index (κ2) is 6.71. The number of nitrogens with one attached hydrogen (secondary N) is 1. The number of likely N-dealkylation sites (N-methyl/N-ethyl adjacent to an activating group) is 1. The van der Waals surface area contributed by atoms with Crippen molar-refractivity contribution in [1.82, 2.24) is 10.2 Å². The van der Waals surface area contributed by atoms with Crippen LogP contribution in [-0.4, -0.2) is 31.1 Å². The summed E-state index contributed by atoms with van der Waals surface area (Å²) in [6.45, 7) is 9.77. The van der Waals surface area contributed by atoms with Crippen LogP contribution in [-0.2, 0) is 6.54 Å². The van der Waals surface area contributed by atoms with Crippen molar-refractivity contribution < 1.29 is 4.42 Å². The first kappa shape index (κ1) is 13.3. The Hall–Kier alpha value is -0.800. The molecule has 1 N–H and O–H groups in total. The lowest BCUT2D eigenvalue weighted by Gasteiger charge is -2.24. The molecule has 0 spiro atoms. The van der Waals surface area contributed by atoms with Crippen LogP contribution in [0.15, 0.2) is 23.0 Å². The van der Waals surface area contributed by atoms with Crippen molar-refractivity contribution in [2.75, 3.05) is 20.1 Å². The maximum atomic E-state index is 5.07. The minimum Gasteiger partial charge on any atom is -0.472 e. The Bertz CT molecular complexity index is 269. The summed E-state index contributed by atoms with van der Waals surface area (Å²) < 4.78 is 5.07. The van der Waals surface area contributed by atoms with Gasteiger partial charge in [-0.15, -0.1) is 0 Å². The molecule has 1 atom stereocenters. The average Bonchev–Trinajstić information content (AvgIpc) is 2.69. The quantitative estimate of drug-likeness (QED) is 0.770. The lowest BCUT2D eigenvalue weighted by molar-refractivity contribution is 0.240. The second-order valence-electron chi connectivity index (χ2n) is 4.95. The molecule has 92 valence electrons. The van der Waals surface area contributed by atoms with Crippen molar-refractivity contribution in [3.63, 3.8) is 0 Å². The van der Waals surface area contributed by atoms with Gasteiger partial charge in [-0.05, 0) is 32.5 Å². The standard InChI is InChI=1S/C13H24N2O/c1-11(2)7-14-8-12(3)15(4)9-13-5-6-16-10-13/h5-6,10-12,14H,7-9H2,1-4H3. The molecule has 0 aliphatic carbocycles. The summed E-state index contributed by atoms with van der Waals surface area (Å²) in [6, 6.07) is 2.55. The fourth-order valence-electron chi connectivity index (χ4n) is 1.56. The Morgan fingerprint density at radius 1 is 1.31 bits per heavy atom. The molecule has 3 heteroatoms. The molecule has 16 heavy (non-hydrogen) atoms. The molecule has 1 rings (SSSR count). The summed E-state index contributed by atoms with van der Waals surface area (Å²) >= 11 is 0. The molecule has 1 aromatic heterocycles. The first-order valence-corrected chi connectivity index (χ1v) is 6.01. The van der Waals surface area contributed by atoms with Crippen molar-refractivity contribution in [3.8, 4) is 0 Å². The van der Waals surface area contributed by atoms with E-state index in [2.05, 4.69) is 38.0 Å². The van der Waals surface area contributed by atoms with Crippen molar-refractivity contribution in [2.45, 2.75) is 33.4 Å². The fourth-order valence-corrected chi connectivity index (χ4v) is 1.56. The summed E-state index contributed by atoms with van der Waals surface area (Å²) in [4.78, 5) is 2.33. The molecule has 0 aromatic carbocycles. The monoisotopic (exact) mass is 224 g/mol. The molecule has 0 aliphatic heterocycles. The normalized spacial score (nSPS) is 13.6. The van der Waals surface area contributed by atoms with Crippen LogP contribution in [0.3, 0.4) is 0 Å². The molecule has 0 saturated carbocycles. The highest BCUT2D eigenvalue weighted by atomic mass is 16.3. The molecule has 1 aromatic rings. The van der Waals surface area contributed by atoms with Gasteiger partial charge >= 0.3 is 0 Å². The van der Waals surface area contributed by atoms with Gasteiger partial charge in [-0.1, -0.05) is 13.8 Å². The Morgan fingerprint density at radius 3 is 2.62 bits per heavy atom. The third kappa shape index (κ3) is 4.81. The number of nitrogens with zero attached hydrogens (tertiary/aromatic N) is 1.